The molecule has 0 radical (unpaired) electrons. The molecule has 3 aromatic heterocycles. The number of amides is 1. The molecular weight excluding hydrogens is 376 g/mol. The van der Waals surface area contributed by atoms with Gasteiger partial charge in [0, 0.05) is 12.4 Å². The average molecular weight is 392 g/mol. The molecule has 0 saturated carbocycles. The zero-order chi connectivity index (χ0) is 19.5. The number of nitrogens with zero attached hydrogens (tertiary/aromatic N) is 4. The number of nitrogens with two attached hydrogens (primary N) is 1. The summed E-state index contributed by atoms with van der Waals surface area (Å²) in [5.74, 6) is 0.303. The molecule has 28 heavy (non-hydrogen) atoms. The number of nitrogen functional groups attached to an aromatic ring is 1. The van der Waals surface area contributed by atoms with Gasteiger partial charge < -0.3 is 11.1 Å². The van der Waals surface area contributed by atoms with Gasteiger partial charge in [-0.15, -0.1) is 0 Å². The fourth-order valence-electron chi connectivity index (χ4n) is 2.47. The maximum Gasteiger partial charge on any atom is 0.271 e. The highest BCUT2D eigenvalue weighted by molar-refractivity contribution is 7.22. The molecule has 0 fully saturated rings. The fourth-order valence-corrected chi connectivity index (χ4v) is 3.43. The van der Waals surface area contributed by atoms with E-state index in [1.165, 1.54) is 29.4 Å². The molecule has 10 heteroatoms. The Morgan fingerprint density at radius 1 is 1.18 bits per heavy atom. The van der Waals surface area contributed by atoms with Gasteiger partial charge in [0.15, 0.2) is 16.8 Å². The van der Waals surface area contributed by atoms with Crippen LogP contribution in [0.15, 0.2) is 49.1 Å². The lowest BCUT2D eigenvalue weighted by Crippen LogP contribution is -2.30. The molecule has 1 aromatic carbocycles. The van der Waals surface area contributed by atoms with E-state index in [0.717, 1.165) is 10.2 Å². The number of hydrogen-bond donors (Lipinski definition) is 4. The topological polar surface area (TPSA) is 131 Å². The summed E-state index contributed by atoms with van der Waals surface area (Å²) in [4.78, 5) is 28.8. The predicted octanol–water partition coefficient (Wildman–Crippen LogP) is 2.87. The van der Waals surface area contributed by atoms with Gasteiger partial charge in [0.25, 0.3) is 5.91 Å². The number of carbonyl (C=O) groups is 1. The normalized spacial score (nSPS) is 10.6. The standard InChI is InChI=1S/C18H16N8OS/c1-10-4-5-12-13(7-10)28-18(23-12)24-15-14(19)16(22-9-21-15)25-26-17(27)11-3-2-6-20-8-11/h2-9H,19H2,1H3,(H,26,27)(H2,21,22,23,24,25). The summed E-state index contributed by atoms with van der Waals surface area (Å²) in [6.45, 7) is 2.03. The quantitative estimate of drug-likeness (QED) is 0.381. The van der Waals surface area contributed by atoms with Crippen LogP contribution < -0.4 is 21.9 Å². The molecule has 0 unspecified atom stereocenters. The Hall–Kier alpha value is -3.79. The highest BCUT2D eigenvalue weighted by Crippen LogP contribution is 2.31. The van der Waals surface area contributed by atoms with E-state index in [4.69, 9.17) is 5.73 Å². The number of hydrogen-bond acceptors (Lipinski definition) is 9. The van der Waals surface area contributed by atoms with Crippen LogP contribution in [-0.2, 0) is 0 Å². The molecule has 0 saturated heterocycles. The van der Waals surface area contributed by atoms with Crippen molar-refractivity contribution in [1.29, 1.82) is 0 Å². The molecule has 9 nitrogen and oxygen atoms in total. The van der Waals surface area contributed by atoms with Crippen molar-refractivity contribution in [2.24, 2.45) is 0 Å². The third-order valence-electron chi connectivity index (χ3n) is 3.87. The number of thiazole rings is 1. The lowest BCUT2D eigenvalue weighted by Gasteiger charge is -2.12. The summed E-state index contributed by atoms with van der Waals surface area (Å²) in [5, 5.41) is 3.77. The molecule has 0 aliphatic heterocycles. The van der Waals surface area contributed by atoms with Gasteiger partial charge in [0.1, 0.15) is 12.0 Å². The van der Waals surface area contributed by atoms with Gasteiger partial charge in [-0.2, -0.15) is 0 Å². The highest BCUT2D eigenvalue weighted by atomic mass is 32.1. The van der Waals surface area contributed by atoms with Crippen LogP contribution in [0, 0.1) is 6.92 Å². The molecule has 0 aliphatic carbocycles. The van der Waals surface area contributed by atoms with Crippen LogP contribution in [0.3, 0.4) is 0 Å². The number of hydrazine groups is 1. The number of carbonyl (C=O) groups excluding carboxylic acids is 1. The molecule has 5 N–H and O–H groups in total. The molecule has 0 aliphatic rings. The minimum Gasteiger partial charge on any atom is -0.393 e. The van der Waals surface area contributed by atoms with Crippen molar-refractivity contribution in [1.82, 2.24) is 25.4 Å². The zero-order valence-corrected chi connectivity index (χ0v) is 15.6. The van der Waals surface area contributed by atoms with Crippen LogP contribution >= 0.6 is 11.3 Å². The minimum atomic E-state index is -0.359. The van der Waals surface area contributed by atoms with Crippen LogP contribution in [0.1, 0.15) is 15.9 Å². The Morgan fingerprint density at radius 3 is 2.86 bits per heavy atom. The van der Waals surface area contributed by atoms with E-state index in [9.17, 15) is 4.79 Å². The van der Waals surface area contributed by atoms with Crippen molar-refractivity contribution in [2.75, 3.05) is 16.5 Å². The molecular formula is C18H16N8OS. The maximum absolute atomic E-state index is 12.1. The van der Waals surface area contributed by atoms with Gasteiger partial charge in [-0.1, -0.05) is 17.4 Å². The van der Waals surface area contributed by atoms with Crippen molar-refractivity contribution in [2.45, 2.75) is 6.92 Å². The Balaban J connectivity index is 1.50. The molecule has 3 heterocycles. The Kier molecular flexibility index (Phi) is 4.68. The van der Waals surface area contributed by atoms with Gasteiger partial charge in [-0.3, -0.25) is 20.6 Å². The Labute approximate surface area is 164 Å². The molecule has 0 spiro atoms. The number of pyridine rings is 1. The van der Waals surface area contributed by atoms with Crippen molar-refractivity contribution >= 4 is 49.9 Å². The molecule has 4 rings (SSSR count). The van der Waals surface area contributed by atoms with E-state index in [-0.39, 0.29) is 17.4 Å². The van der Waals surface area contributed by atoms with E-state index in [2.05, 4.69) is 42.2 Å². The van der Waals surface area contributed by atoms with Gasteiger partial charge in [0.05, 0.1) is 15.8 Å². The van der Waals surface area contributed by atoms with E-state index in [1.807, 2.05) is 19.1 Å². The van der Waals surface area contributed by atoms with Crippen LogP contribution in [-0.4, -0.2) is 25.8 Å². The summed E-state index contributed by atoms with van der Waals surface area (Å²) in [6, 6.07) is 9.38. The fraction of sp³-hybridized carbons (Fsp3) is 0.0556. The van der Waals surface area contributed by atoms with Crippen LogP contribution in [0.2, 0.25) is 0 Å². The van der Waals surface area contributed by atoms with Gasteiger partial charge in [-0.05, 0) is 36.8 Å². The van der Waals surface area contributed by atoms with Crippen molar-refractivity contribution < 1.29 is 4.79 Å². The van der Waals surface area contributed by atoms with Crippen molar-refractivity contribution in [3.63, 3.8) is 0 Å². The summed E-state index contributed by atoms with van der Waals surface area (Å²) < 4.78 is 1.07. The molecule has 0 atom stereocenters. The Morgan fingerprint density at radius 2 is 2.04 bits per heavy atom. The minimum absolute atomic E-state index is 0.254. The first-order valence-electron chi connectivity index (χ1n) is 8.31. The third kappa shape index (κ3) is 3.67. The largest absolute Gasteiger partial charge is 0.393 e. The number of aromatic nitrogens is 4. The average Bonchev–Trinajstić information content (AvgIpc) is 3.10. The molecule has 0 bridgehead atoms. The van der Waals surface area contributed by atoms with Crippen LogP contribution in [0.4, 0.5) is 22.5 Å². The van der Waals surface area contributed by atoms with Crippen molar-refractivity contribution in [3.8, 4) is 0 Å². The molecule has 1 amide bonds. The summed E-state index contributed by atoms with van der Waals surface area (Å²) in [6.07, 6.45) is 4.39. The summed E-state index contributed by atoms with van der Waals surface area (Å²) in [5.41, 5.74) is 14.1. The number of nitrogens with one attached hydrogen (secondary N) is 3. The smallest absolute Gasteiger partial charge is 0.271 e. The lowest BCUT2D eigenvalue weighted by molar-refractivity contribution is 0.0962. The predicted molar refractivity (Wildman–Crippen MR) is 109 cm³/mol. The lowest BCUT2D eigenvalue weighted by atomic mass is 10.2. The maximum atomic E-state index is 12.1. The number of aryl methyl sites for hydroxylation is 1. The number of fused-ring (bicyclic) bond motifs is 1. The second-order valence-corrected chi connectivity index (χ2v) is 6.95. The SMILES string of the molecule is Cc1ccc2nc(Nc3ncnc(NNC(=O)c4cccnc4)c3N)sc2c1. The molecule has 140 valence electrons. The third-order valence-corrected chi connectivity index (χ3v) is 4.80. The molecule has 4 aromatic rings. The summed E-state index contributed by atoms with van der Waals surface area (Å²) in [7, 11) is 0. The van der Waals surface area contributed by atoms with E-state index in [0.29, 0.717) is 16.5 Å². The van der Waals surface area contributed by atoms with E-state index in [1.54, 1.807) is 18.3 Å². The highest BCUT2D eigenvalue weighted by Gasteiger charge is 2.12. The monoisotopic (exact) mass is 392 g/mol. The number of anilines is 4. The first-order valence-corrected chi connectivity index (χ1v) is 9.13. The van der Waals surface area contributed by atoms with Gasteiger partial charge in [0.2, 0.25) is 0 Å². The second-order valence-electron chi connectivity index (χ2n) is 5.92. The first kappa shape index (κ1) is 17.6. The first-order chi connectivity index (χ1) is 13.6. The van der Waals surface area contributed by atoms with E-state index < -0.39 is 0 Å². The van der Waals surface area contributed by atoms with Gasteiger partial charge in [-0.25, -0.2) is 15.0 Å². The second kappa shape index (κ2) is 7.45. The van der Waals surface area contributed by atoms with Crippen LogP contribution in [0.5, 0.6) is 0 Å². The zero-order valence-electron chi connectivity index (χ0n) is 14.8. The van der Waals surface area contributed by atoms with Crippen molar-refractivity contribution in [3.05, 3.63) is 60.2 Å². The Bertz CT molecular complexity index is 1150. The van der Waals surface area contributed by atoms with Gasteiger partial charge >= 0.3 is 0 Å². The van der Waals surface area contributed by atoms with E-state index >= 15 is 0 Å². The summed E-state index contributed by atoms with van der Waals surface area (Å²) >= 11 is 1.50. The number of rotatable bonds is 5. The van der Waals surface area contributed by atoms with Crippen LogP contribution in [0.25, 0.3) is 10.2 Å². The number of benzene rings is 1.